The van der Waals surface area contributed by atoms with Gasteiger partial charge in [-0.25, -0.2) is 9.36 Å². The SMILES string of the molecule is C[C@@H](Cn1nnc2ccccc21)NC(=O)Cn1ncc2ccccc2c1=O. The molecular weight excluding hydrogens is 344 g/mol. The van der Waals surface area contributed by atoms with Gasteiger partial charge in [-0.3, -0.25) is 9.59 Å². The summed E-state index contributed by atoms with van der Waals surface area (Å²) in [6.45, 7) is 2.23. The van der Waals surface area contributed by atoms with Gasteiger partial charge in [0.05, 0.1) is 23.6 Å². The molecule has 2 aromatic carbocycles. The zero-order valence-electron chi connectivity index (χ0n) is 14.7. The largest absolute Gasteiger partial charge is 0.350 e. The Morgan fingerprint density at radius 3 is 2.78 bits per heavy atom. The number of hydrogen-bond donors (Lipinski definition) is 1. The number of carbonyl (C=O) groups is 1. The van der Waals surface area contributed by atoms with Crippen LogP contribution in [0, 0.1) is 0 Å². The third-order valence-corrected chi connectivity index (χ3v) is 4.33. The predicted octanol–water partition coefficient (Wildman–Crippen LogP) is 1.35. The van der Waals surface area contributed by atoms with Gasteiger partial charge < -0.3 is 5.32 Å². The molecule has 8 heteroatoms. The van der Waals surface area contributed by atoms with Gasteiger partial charge in [-0.15, -0.1) is 5.10 Å². The summed E-state index contributed by atoms with van der Waals surface area (Å²) >= 11 is 0. The Bertz CT molecular complexity index is 1180. The molecule has 0 spiro atoms. The molecule has 0 radical (unpaired) electrons. The summed E-state index contributed by atoms with van der Waals surface area (Å²) in [5, 5.41) is 16.5. The number of fused-ring (bicyclic) bond motifs is 2. The van der Waals surface area contributed by atoms with E-state index < -0.39 is 0 Å². The number of carbonyl (C=O) groups excluding carboxylic acids is 1. The van der Waals surface area contributed by atoms with Crippen molar-refractivity contribution < 1.29 is 4.79 Å². The van der Waals surface area contributed by atoms with E-state index >= 15 is 0 Å². The van der Waals surface area contributed by atoms with Crippen molar-refractivity contribution in [1.82, 2.24) is 30.1 Å². The zero-order valence-corrected chi connectivity index (χ0v) is 14.7. The Labute approximate surface area is 154 Å². The van der Waals surface area contributed by atoms with Crippen LogP contribution >= 0.6 is 0 Å². The quantitative estimate of drug-likeness (QED) is 0.578. The number of nitrogens with zero attached hydrogens (tertiary/aromatic N) is 5. The summed E-state index contributed by atoms with van der Waals surface area (Å²) in [4.78, 5) is 24.8. The molecule has 8 nitrogen and oxygen atoms in total. The lowest BCUT2D eigenvalue weighted by molar-refractivity contribution is -0.122. The highest BCUT2D eigenvalue weighted by Crippen LogP contribution is 2.10. The maximum Gasteiger partial charge on any atom is 0.275 e. The van der Waals surface area contributed by atoms with Gasteiger partial charge >= 0.3 is 0 Å². The Morgan fingerprint density at radius 1 is 1.11 bits per heavy atom. The molecule has 27 heavy (non-hydrogen) atoms. The normalized spacial score (nSPS) is 12.3. The third kappa shape index (κ3) is 3.41. The van der Waals surface area contributed by atoms with Crippen molar-refractivity contribution in [1.29, 1.82) is 0 Å². The van der Waals surface area contributed by atoms with Crippen molar-refractivity contribution >= 4 is 27.7 Å². The van der Waals surface area contributed by atoms with Crippen molar-refractivity contribution in [2.24, 2.45) is 0 Å². The molecule has 0 aliphatic carbocycles. The lowest BCUT2D eigenvalue weighted by Gasteiger charge is -2.14. The van der Waals surface area contributed by atoms with Crippen LogP contribution in [0.3, 0.4) is 0 Å². The van der Waals surface area contributed by atoms with Gasteiger partial charge in [0, 0.05) is 11.4 Å². The molecule has 0 fully saturated rings. The van der Waals surface area contributed by atoms with Crippen molar-refractivity contribution in [2.75, 3.05) is 0 Å². The van der Waals surface area contributed by atoms with E-state index in [9.17, 15) is 9.59 Å². The average Bonchev–Trinajstić information content (AvgIpc) is 3.07. The highest BCUT2D eigenvalue weighted by molar-refractivity contribution is 5.81. The number of benzene rings is 2. The summed E-state index contributed by atoms with van der Waals surface area (Å²) in [5.41, 5.74) is 1.44. The summed E-state index contributed by atoms with van der Waals surface area (Å²) < 4.78 is 2.93. The highest BCUT2D eigenvalue weighted by atomic mass is 16.2. The lowest BCUT2D eigenvalue weighted by atomic mass is 10.2. The van der Waals surface area contributed by atoms with Crippen LogP contribution < -0.4 is 10.9 Å². The Morgan fingerprint density at radius 2 is 1.89 bits per heavy atom. The number of rotatable bonds is 5. The number of para-hydroxylation sites is 1. The van der Waals surface area contributed by atoms with Gasteiger partial charge in [0.2, 0.25) is 5.91 Å². The Balaban J connectivity index is 1.45. The first-order valence-electron chi connectivity index (χ1n) is 8.64. The smallest absolute Gasteiger partial charge is 0.275 e. The van der Waals surface area contributed by atoms with E-state index in [0.717, 1.165) is 16.4 Å². The molecule has 2 aromatic heterocycles. The fraction of sp³-hybridized carbons (Fsp3) is 0.211. The fourth-order valence-electron chi connectivity index (χ4n) is 3.05. The monoisotopic (exact) mass is 362 g/mol. The maximum atomic E-state index is 12.5. The number of amides is 1. The molecule has 0 aliphatic rings. The molecule has 136 valence electrons. The van der Waals surface area contributed by atoms with Gasteiger partial charge in [-0.2, -0.15) is 5.10 Å². The molecule has 1 amide bonds. The standard InChI is InChI=1S/C19H18N6O2/c1-13(11-24-17-9-5-4-8-16(17)22-23-24)21-18(26)12-25-19(27)15-7-3-2-6-14(15)10-20-25/h2-10,13H,11-12H2,1H3,(H,21,26)/t13-/m0/s1. The molecule has 0 aliphatic heterocycles. The van der Waals surface area contributed by atoms with Crippen LogP contribution in [-0.2, 0) is 17.9 Å². The fourth-order valence-corrected chi connectivity index (χ4v) is 3.05. The van der Waals surface area contributed by atoms with Crippen LogP contribution in [0.4, 0.5) is 0 Å². The molecule has 2 heterocycles. The first-order valence-corrected chi connectivity index (χ1v) is 8.64. The molecule has 0 bridgehead atoms. The van der Waals surface area contributed by atoms with Crippen LogP contribution in [-0.4, -0.2) is 36.7 Å². The second kappa shape index (κ2) is 6.99. The second-order valence-corrected chi connectivity index (χ2v) is 6.42. The van der Waals surface area contributed by atoms with E-state index in [-0.39, 0.29) is 24.1 Å². The molecule has 0 unspecified atom stereocenters. The van der Waals surface area contributed by atoms with Crippen LogP contribution in [0.2, 0.25) is 0 Å². The van der Waals surface area contributed by atoms with Crippen LogP contribution in [0.25, 0.3) is 21.8 Å². The van der Waals surface area contributed by atoms with Crippen molar-refractivity contribution in [3.63, 3.8) is 0 Å². The minimum atomic E-state index is -0.281. The van der Waals surface area contributed by atoms with Gasteiger partial charge in [0.25, 0.3) is 5.56 Å². The molecule has 1 atom stereocenters. The van der Waals surface area contributed by atoms with E-state index in [1.54, 1.807) is 23.0 Å². The topological polar surface area (TPSA) is 94.7 Å². The van der Waals surface area contributed by atoms with E-state index in [2.05, 4.69) is 20.7 Å². The van der Waals surface area contributed by atoms with Crippen molar-refractivity contribution in [3.8, 4) is 0 Å². The second-order valence-electron chi connectivity index (χ2n) is 6.42. The van der Waals surface area contributed by atoms with Crippen molar-refractivity contribution in [3.05, 3.63) is 65.1 Å². The Kier molecular flexibility index (Phi) is 4.37. The van der Waals surface area contributed by atoms with E-state index in [1.165, 1.54) is 4.68 Å². The number of aromatic nitrogens is 5. The molecule has 4 aromatic rings. The minimum Gasteiger partial charge on any atom is -0.350 e. The summed E-state index contributed by atoms with van der Waals surface area (Å²) in [5.74, 6) is -0.281. The lowest BCUT2D eigenvalue weighted by Crippen LogP contribution is -2.40. The summed E-state index contributed by atoms with van der Waals surface area (Å²) in [6, 6.07) is 14.6. The Hall–Kier alpha value is -3.55. The zero-order chi connectivity index (χ0) is 18.8. The first kappa shape index (κ1) is 16.9. The summed E-state index contributed by atoms with van der Waals surface area (Å²) in [6.07, 6.45) is 1.59. The van der Waals surface area contributed by atoms with Crippen LogP contribution in [0.15, 0.2) is 59.5 Å². The first-order chi connectivity index (χ1) is 13.1. The van der Waals surface area contributed by atoms with Gasteiger partial charge in [-0.05, 0) is 25.1 Å². The molecular formula is C19H18N6O2. The molecule has 0 saturated carbocycles. The predicted molar refractivity (Wildman–Crippen MR) is 101 cm³/mol. The molecule has 0 saturated heterocycles. The number of nitrogens with one attached hydrogen (secondary N) is 1. The summed E-state index contributed by atoms with van der Waals surface area (Å²) in [7, 11) is 0. The van der Waals surface area contributed by atoms with E-state index in [4.69, 9.17) is 0 Å². The molecule has 1 N–H and O–H groups in total. The van der Waals surface area contributed by atoms with Crippen LogP contribution in [0.5, 0.6) is 0 Å². The number of hydrogen-bond acceptors (Lipinski definition) is 5. The highest BCUT2D eigenvalue weighted by Gasteiger charge is 2.13. The van der Waals surface area contributed by atoms with Gasteiger partial charge in [0.1, 0.15) is 12.1 Å². The van der Waals surface area contributed by atoms with E-state index in [0.29, 0.717) is 11.9 Å². The third-order valence-electron chi connectivity index (χ3n) is 4.33. The van der Waals surface area contributed by atoms with Gasteiger partial charge in [0.15, 0.2) is 0 Å². The maximum absolute atomic E-state index is 12.5. The van der Waals surface area contributed by atoms with Gasteiger partial charge in [-0.1, -0.05) is 35.5 Å². The minimum absolute atomic E-state index is 0.133. The van der Waals surface area contributed by atoms with Crippen LogP contribution in [0.1, 0.15) is 6.92 Å². The average molecular weight is 362 g/mol. The van der Waals surface area contributed by atoms with Crippen molar-refractivity contribution in [2.45, 2.75) is 26.1 Å². The van der Waals surface area contributed by atoms with E-state index in [1.807, 2.05) is 43.3 Å². The molecule has 4 rings (SSSR count).